The molecule has 1 aliphatic heterocycles. The number of nitrogens with two attached hydrogens (primary N) is 1. The second-order valence-corrected chi connectivity index (χ2v) is 6.56. The summed E-state index contributed by atoms with van der Waals surface area (Å²) in [6, 6.07) is 2.68. The van der Waals surface area contributed by atoms with Gasteiger partial charge in [-0.3, -0.25) is 4.90 Å². The molecule has 0 amide bonds. The summed E-state index contributed by atoms with van der Waals surface area (Å²) >= 11 is 1.90. The predicted molar refractivity (Wildman–Crippen MR) is 70.8 cm³/mol. The minimum absolute atomic E-state index is 0.355. The van der Waals surface area contributed by atoms with Crippen LogP contribution in [0.15, 0.2) is 6.07 Å². The van der Waals surface area contributed by atoms with E-state index in [2.05, 4.69) is 31.7 Å². The fourth-order valence-electron chi connectivity index (χ4n) is 2.39. The zero-order valence-electron chi connectivity index (χ0n) is 10.5. The van der Waals surface area contributed by atoms with E-state index in [4.69, 9.17) is 5.73 Å². The lowest BCUT2D eigenvalue weighted by Gasteiger charge is -2.35. The summed E-state index contributed by atoms with van der Waals surface area (Å²) < 4.78 is 0. The number of rotatable bonds is 2. The molecule has 0 spiro atoms. The van der Waals surface area contributed by atoms with Crippen LogP contribution in [-0.2, 0) is 6.54 Å². The average Bonchev–Trinajstić information content (AvgIpc) is 2.51. The number of likely N-dealkylation sites (tertiary alicyclic amines) is 1. The maximum Gasteiger partial charge on any atom is 0.0245 e. The third kappa shape index (κ3) is 2.65. The lowest BCUT2D eigenvalue weighted by molar-refractivity contribution is 0.162. The number of nitrogens with zero attached hydrogens (tertiary/aromatic N) is 1. The molecule has 0 saturated carbocycles. The van der Waals surface area contributed by atoms with Crippen LogP contribution in [-0.4, -0.2) is 24.0 Å². The molecule has 0 aromatic carbocycles. The van der Waals surface area contributed by atoms with Gasteiger partial charge in [-0.2, -0.15) is 0 Å². The standard InChI is InChI=1S/C13H22N2S/c1-9-4-5-15(8-13(9)14)7-12-6-10(2)16-11(12)3/h6,9,13H,4-5,7-8,14H2,1-3H3. The number of hydrogen-bond acceptors (Lipinski definition) is 3. The van der Waals surface area contributed by atoms with Gasteiger partial charge in [0.25, 0.3) is 0 Å². The molecule has 2 heterocycles. The lowest BCUT2D eigenvalue weighted by Crippen LogP contribution is -2.47. The van der Waals surface area contributed by atoms with Crippen molar-refractivity contribution in [1.29, 1.82) is 0 Å². The van der Waals surface area contributed by atoms with Crippen molar-refractivity contribution in [3.05, 3.63) is 21.4 Å². The second kappa shape index (κ2) is 4.86. The Bertz CT molecular complexity index is 359. The molecule has 2 N–H and O–H groups in total. The summed E-state index contributed by atoms with van der Waals surface area (Å²) in [7, 11) is 0. The molecule has 1 aliphatic rings. The Kier molecular flexibility index (Phi) is 3.67. The van der Waals surface area contributed by atoms with Crippen LogP contribution in [0.5, 0.6) is 0 Å². The van der Waals surface area contributed by atoms with Gasteiger partial charge in [-0.15, -0.1) is 11.3 Å². The Balaban J connectivity index is 1.98. The summed E-state index contributed by atoms with van der Waals surface area (Å²) in [4.78, 5) is 5.38. The van der Waals surface area contributed by atoms with Crippen molar-refractivity contribution >= 4 is 11.3 Å². The summed E-state index contributed by atoms with van der Waals surface area (Å²) in [5.74, 6) is 0.682. The predicted octanol–water partition coefficient (Wildman–Crippen LogP) is 2.53. The zero-order valence-corrected chi connectivity index (χ0v) is 11.3. The van der Waals surface area contributed by atoms with E-state index in [1.54, 1.807) is 0 Å². The van der Waals surface area contributed by atoms with Gasteiger partial charge in [0.05, 0.1) is 0 Å². The van der Waals surface area contributed by atoms with E-state index in [1.165, 1.54) is 28.3 Å². The van der Waals surface area contributed by atoms with Gasteiger partial charge in [-0.1, -0.05) is 6.92 Å². The highest BCUT2D eigenvalue weighted by Gasteiger charge is 2.23. The highest BCUT2D eigenvalue weighted by atomic mass is 32.1. The number of piperidine rings is 1. The molecule has 90 valence electrons. The van der Waals surface area contributed by atoms with E-state index in [1.807, 2.05) is 11.3 Å². The van der Waals surface area contributed by atoms with Gasteiger partial charge in [0.1, 0.15) is 0 Å². The first-order valence-electron chi connectivity index (χ1n) is 6.10. The second-order valence-electron chi connectivity index (χ2n) is 5.10. The molecule has 16 heavy (non-hydrogen) atoms. The van der Waals surface area contributed by atoms with Crippen molar-refractivity contribution < 1.29 is 0 Å². The first kappa shape index (κ1) is 12.1. The van der Waals surface area contributed by atoms with Crippen LogP contribution >= 0.6 is 11.3 Å². The highest BCUT2D eigenvalue weighted by Crippen LogP contribution is 2.24. The molecule has 1 aromatic heterocycles. The molecule has 2 atom stereocenters. The van der Waals surface area contributed by atoms with Crippen LogP contribution < -0.4 is 5.73 Å². The fraction of sp³-hybridized carbons (Fsp3) is 0.692. The van der Waals surface area contributed by atoms with E-state index >= 15 is 0 Å². The summed E-state index contributed by atoms with van der Waals surface area (Å²) in [5, 5.41) is 0. The quantitative estimate of drug-likeness (QED) is 0.858. The Morgan fingerprint density at radius 1 is 1.50 bits per heavy atom. The fourth-order valence-corrected chi connectivity index (χ4v) is 3.33. The van der Waals surface area contributed by atoms with E-state index in [-0.39, 0.29) is 0 Å². The van der Waals surface area contributed by atoms with Crippen molar-refractivity contribution in [2.75, 3.05) is 13.1 Å². The van der Waals surface area contributed by atoms with Crippen LogP contribution in [0.25, 0.3) is 0 Å². The van der Waals surface area contributed by atoms with Gasteiger partial charge in [0, 0.05) is 28.9 Å². The molecule has 2 rings (SSSR count). The summed E-state index contributed by atoms with van der Waals surface area (Å²) in [5.41, 5.74) is 7.62. The van der Waals surface area contributed by atoms with E-state index in [0.717, 1.165) is 13.1 Å². The third-order valence-corrected chi connectivity index (χ3v) is 4.65. The molecule has 0 radical (unpaired) electrons. The molecule has 0 bridgehead atoms. The van der Waals surface area contributed by atoms with Crippen molar-refractivity contribution in [2.45, 2.75) is 39.8 Å². The summed E-state index contributed by atoms with van der Waals surface area (Å²) in [6.07, 6.45) is 1.24. The molecule has 1 fully saturated rings. The van der Waals surface area contributed by atoms with E-state index in [0.29, 0.717) is 12.0 Å². The van der Waals surface area contributed by atoms with Gasteiger partial charge < -0.3 is 5.73 Å². The van der Waals surface area contributed by atoms with Crippen LogP contribution in [0.4, 0.5) is 0 Å². The van der Waals surface area contributed by atoms with Crippen LogP contribution in [0.2, 0.25) is 0 Å². The topological polar surface area (TPSA) is 29.3 Å². The number of hydrogen-bond donors (Lipinski definition) is 1. The number of aryl methyl sites for hydroxylation is 2. The van der Waals surface area contributed by atoms with Crippen molar-refractivity contribution in [3.8, 4) is 0 Å². The highest BCUT2D eigenvalue weighted by molar-refractivity contribution is 7.12. The summed E-state index contributed by atoms with van der Waals surface area (Å²) in [6.45, 7) is 10.0. The van der Waals surface area contributed by atoms with Crippen molar-refractivity contribution in [2.24, 2.45) is 11.7 Å². The largest absolute Gasteiger partial charge is 0.326 e. The molecular weight excluding hydrogens is 216 g/mol. The van der Waals surface area contributed by atoms with Crippen molar-refractivity contribution in [1.82, 2.24) is 4.90 Å². The molecular formula is C13H22N2S. The zero-order chi connectivity index (χ0) is 11.7. The van der Waals surface area contributed by atoms with Crippen LogP contribution in [0.1, 0.15) is 28.7 Å². The first-order valence-corrected chi connectivity index (χ1v) is 6.91. The maximum atomic E-state index is 6.13. The minimum Gasteiger partial charge on any atom is -0.326 e. The number of thiophene rings is 1. The Morgan fingerprint density at radius 3 is 2.81 bits per heavy atom. The SMILES string of the molecule is Cc1cc(CN2CCC(C)C(N)C2)c(C)s1. The third-order valence-electron chi connectivity index (χ3n) is 3.64. The van der Waals surface area contributed by atoms with Crippen LogP contribution in [0.3, 0.4) is 0 Å². The minimum atomic E-state index is 0.355. The Morgan fingerprint density at radius 2 is 2.25 bits per heavy atom. The smallest absolute Gasteiger partial charge is 0.0245 e. The molecule has 2 unspecified atom stereocenters. The van der Waals surface area contributed by atoms with Gasteiger partial charge in [-0.05, 0) is 44.4 Å². The molecule has 2 nitrogen and oxygen atoms in total. The lowest BCUT2D eigenvalue weighted by atomic mass is 9.94. The Labute approximate surface area is 102 Å². The first-order chi connectivity index (χ1) is 7.56. The average molecular weight is 238 g/mol. The van der Waals surface area contributed by atoms with Gasteiger partial charge >= 0.3 is 0 Å². The van der Waals surface area contributed by atoms with Gasteiger partial charge in [0.15, 0.2) is 0 Å². The monoisotopic (exact) mass is 238 g/mol. The van der Waals surface area contributed by atoms with E-state index < -0.39 is 0 Å². The van der Waals surface area contributed by atoms with Crippen molar-refractivity contribution in [3.63, 3.8) is 0 Å². The maximum absolute atomic E-state index is 6.13. The molecule has 1 aromatic rings. The van der Waals surface area contributed by atoms with Gasteiger partial charge in [0.2, 0.25) is 0 Å². The van der Waals surface area contributed by atoms with E-state index in [9.17, 15) is 0 Å². The molecule has 3 heteroatoms. The van der Waals surface area contributed by atoms with Gasteiger partial charge in [-0.25, -0.2) is 0 Å². The molecule has 1 saturated heterocycles. The Hall–Kier alpha value is -0.380. The molecule has 0 aliphatic carbocycles. The van der Waals surface area contributed by atoms with Crippen LogP contribution in [0, 0.1) is 19.8 Å². The normalized spacial score (nSPS) is 27.2.